The van der Waals surface area contributed by atoms with Gasteiger partial charge >= 0.3 is 6.18 Å². The molecule has 3 aliphatic rings. The number of likely N-dealkylation sites (tertiary alicyclic amines) is 1. The minimum atomic E-state index is -4.50. The lowest BCUT2D eigenvalue weighted by atomic mass is 9.87. The molecule has 1 atom stereocenters. The molecule has 2 heterocycles. The van der Waals surface area contributed by atoms with Gasteiger partial charge in [-0.3, -0.25) is 4.79 Å². The van der Waals surface area contributed by atoms with Crippen LogP contribution in [0.15, 0.2) is 24.3 Å². The van der Waals surface area contributed by atoms with E-state index in [0.29, 0.717) is 38.0 Å². The summed E-state index contributed by atoms with van der Waals surface area (Å²) in [7, 11) is 0. The molecule has 0 bridgehead atoms. The summed E-state index contributed by atoms with van der Waals surface area (Å²) in [4.78, 5) is 16.5. The standard InChI is InChI=1S/C20H24F4N2O/c1-17(2)12-18(13-26(17)15-6-3-5-14(21)11-15)7-4-10-25(18)16(27)19(8-9-19)20(22,23)24/h3,5-6,11H,4,7-10,12-13H2,1-2H3. The Balaban J connectivity index is 1.66. The normalized spacial score (nSPS) is 28.8. The molecule has 0 N–H and O–H groups in total. The van der Waals surface area contributed by atoms with Crippen LogP contribution in [0.5, 0.6) is 0 Å². The summed E-state index contributed by atoms with van der Waals surface area (Å²) in [5, 5.41) is 0. The first-order valence-electron chi connectivity index (χ1n) is 9.43. The van der Waals surface area contributed by atoms with Crippen molar-refractivity contribution in [3.8, 4) is 0 Å². The summed E-state index contributed by atoms with van der Waals surface area (Å²) in [5.74, 6) is -1.11. The Morgan fingerprint density at radius 2 is 1.85 bits per heavy atom. The zero-order valence-electron chi connectivity index (χ0n) is 15.6. The van der Waals surface area contributed by atoms with Gasteiger partial charge in [0.25, 0.3) is 0 Å². The number of rotatable bonds is 2. The molecule has 1 aliphatic carbocycles. The molecule has 148 valence electrons. The van der Waals surface area contributed by atoms with Gasteiger partial charge in [-0.15, -0.1) is 0 Å². The Kier molecular flexibility index (Phi) is 3.86. The minimum Gasteiger partial charge on any atom is -0.364 e. The number of anilines is 1. The average Bonchev–Trinajstić information content (AvgIpc) is 3.23. The highest BCUT2D eigenvalue weighted by atomic mass is 19.4. The third-order valence-electron chi connectivity index (χ3n) is 6.61. The SMILES string of the molecule is CC1(C)CC2(CCCN2C(=O)C2(C(F)(F)F)CC2)CN1c1cccc(F)c1. The fraction of sp³-hybridized carbons (Fsp3) is 0.650. The van der Waals surface area contributed by atoms with Gasteiger partial charge in [0.05, 0.1) is 5.54 Å². The minimum absolute atomic E-state index is 0.112. The Bertz CT molecular complexity index is 771. The zero-order valence-corrected chi connectivity index (χ0v) is 15.6. The first-order chi connectivity index (χ1) is 12.5. The van der Waals surface area contributed by atoms with Crippen LogP contribution in [-0.4, -0.2) is 41.2 Å². The van der Waals surface area contributed by atoms with Crippen molar-refractivity contribution in [2.24, 2.45) is 5.41 Å². The monoisotopic (exact) mass is 384 g/mol. The number of hydrogen-bond acceptors (Lipinski definition) is 2. The number of amides is 1. The summed E-state index contributed by atoms with van der Waals surface area (Å²) in [6.45, 7) is 4.81. The predicted molar refractivity (Wildman–Crippen MR) is 93.8 cm³/mol. The number of hydrogen-bond donors (Lipinski definition) is 0. The molecule has 4 rings (SSSR count). The van der Waals surface area contributed by atoms with Gasteiger partial charge in [0.2, 0.25) is 5.91 Å². The second-order valence-corrected chi connectivity index (χ2v) is 8.92. The van der Waals surface area contributed by atoms with Crippen molar-refractivity contribution in [2.45, 2.75) is 63.2 Å². The molecule has 2 aliphatic heterocycles. The van der Waals surface area contributed by atoms with Crippen LogP contribution in [0, 0.1) is 11.2 Å². The van der Waals surface area contributed by atoms with Crippen molar-refractivity contribution in [2.75, 3.05) is 18.0 Å². The molecule has 2 saturated heterocycles. The fourth-order valence-electron chi connectivity index (χ4n) is 5.16. The molecule has 27 heavy (non-hydrogen) atoms. The molecule has 3 fully saturated rings. The second kappa shape index (κ2) is 5.61. The average molecular weight is 384 g/mol. The van der Waals surface area contributed by atoms with Crippen LogP contribution in [0.1, 0.15) is 46.0 Å². The molecule has 1 unspecified atom stereocenters. The molecule has 1 aromatic carbocycles. The van der Waals surface area contributed by atoms with E-state index in [1.165, 1.54) is 17.0 Å². The first kappa shape index (κ1) is 18.6. The maximum absolute atomic E-state index is 13.7. The van der Waals surface area contributed by atoms with Gasteiger partial charge in [0.15, 0.2) is 0 Å². The molecular weight excluding hydrogens is 360 g/mol. The number of nitrogens with zero attached hydrogens (tertiary/aromatic N) is 2. The molecule has 7 heteroatoms. The Labute approximate surface area is 156 Å². The van der Waals surface area contributed by atoms with Gasteiger partial charge < -0.3 is 9.80 Å². The Hall–Kier alpha value is -1.79. The quantitative estimate of drug-likeness (QED) is 0.700. The lowest BCUT2D eigenvalue weighted by Crippen LogP contribution is -2.54. The number of benzene rings is 1. The van der Waals surface area contributed by atoms with E-state index in [9.17, 15) is 22.4 Å². The summed E-state index contributed by atoms with van der Waals surface area (Å²) in [5.41, 5.74) is -2.48. The summed E-state index contributed by atoms with van der Waals surface area (Å²) >= 11 is 0. The highest BCUT2D eigenvalue weighted by Crippen LogP contribution is 2.60. The number of halogens is 4. The van der Waals surface area contributed by atoms with Gasteiger partial charge in [-0.2, -0.15) is 13.2 Å². The molecule has 1 amide bonds. The lowest BCUT2D eigenvalue weighted by Gasteiger charge is -2.38. The van der Waals surface area contributed by atoms with Gasteiger partial charge in [-0.25, -0.2) is 4.39 Å². The summed E-state index contributed by atoms with van der Waals surface area (Å²) in [6, 6.07) is 6.25. The van der Waals surface area contributed by atoms with Crippen molar-refractivity contribution in [3.05, 3.63) is 30.1 Å². The highest BCUT2D eigenvalue weighted by molar-refractivity contribution is 5.87. The van der Waals surface area contributed by atoms with Crippen LogP contribution in [0.4, 0.5) is 23.2 Å². The molecular formula is C20H24F4N2O. The topological polar surface area (TPSA) is 23.6 Å². The van der Waals surface area contributed by atoms with Crippen molar-refractivity contribution in [3.63, 3.8) is 0 Å². The maximum Gasteiger partial charge on any atom is 0.403 e. The third-order valence-corrected chi connectivity index (χ3v) is 6.61. The molecule has 1 aromatic rings. The molecule has 3 nitrogen and oxygen atoms in total. The highest BCUT2D eigenvalue weighted by Gasteiger charge is 2.71. The van der Waals surface area contributed by atoms with E-state index in [0.717, 1.165) is 0 Å². The van der Waals surface area contributed by atoms with Crippen molar-refractivity contribution >= 4 is 11.6 Å². The van der Waals surface area contributed by atoms with Crippen molar-refractivity contribution in [1.82, 2.24) is 4.90 Å². The fourth-order valence-corrected chi connectivity index (χ4v) is 5.16. The van der Waals surface area contributed by atoms with Crippen LogP contribution in [-0.2, 0) is 4.79 Å². The number of carbonyl (C=O) groups excluding carboxylic acids is 1. The number of alkyl halides is 3. The van der Waals surface area contributed by atoms with Crippen LogP contribution in [0.2, 0.25) is 0 Å². The predicted octanol–water partition coefficient (Wildman–Crippen LogP) is 4.52. The molecule has 0 aromatic heterocycles. The number of carbonyl (C=O) groups is 1. The van der Waals surface area contributed by atoms with Gasteiger partial charge in [-0.1, -0.05) is 6.07 Å². The van der Waals surface area contributed by atoms with Gasteiger partial charge in [-0.05, 0) is 64.2 Å². The van der Waals surface area contributed by atoms with Gasteiger partial charge in [0, 0.05) is 24.3 Å². The van der Waals surface area contributed by atoms with Crippen LogP contribution in [0.25, 0.3) is 0 Å². The molecule has 1 spiro atoms. The smallest absolute Gasteiger partial charge is 0.364 e. The van der Waals surface area contributed by atoms with Crippen LogP contribution < -0.4 is 4.90 Å². The largest absolute Gasteiger partial charge is 0.403 e. The van der Waals surface area contributed by atoms with E-state index in [2.05, 4.69) is 0 Å². The zero-order chi connectivity index (χ0) is 19.7. The summed E-state index contributed by atoms with van der Waals surface area (Å²) in [6.07, 6.45) is -2.76. The molecule has 1 saturated carbocycles. The van der Waals surface area contributed by atoms with E-state index < -0.39 is 23.0 Å². The van der Waals surface area contributed by atoms with E-state index in [4.69, 9.17) is 0 Å². The van der Waals surface area contributed by atoms with E-state index in [1.807, 2.05) is 24.8 Å². The lowest BCUT2D eigenvalue weighted by molar-refractivity contribution is -0.200. The van der Waals surface area contributed by atoms with Crippen LogP contribution >= 0.6 is 0 Å². The maximum atomic E-state index is 13.7. The summed E-state index contributed by atoms with van der Waals surface area (Å²) < 4.78 is 54.3. The second-order valence-electron chi connectivity index (χ2n) is 8.92. The van der Waals surface area contributed by atoms with E-state index in [1.54, 1.807) is 6.07 Å². The first-order valence-corrected chi connectivity index (χ1v) is 9.43. The van der Waals surface area contributed by atoms with Gasteiger partial charge in [0.1, 0.15) is 11.2 Å². The van der Waals surface area contributed by atoms with E-state index >= 15 is 0 Å². The Morgan fingerprint density at radius 3 is 2.44 bits per heavy atom. The van der Waals surface area contributed by atoms with Crippen LogP contribution in [0.3, 0.4) is 0 Å². The van der Waals surface area contributed by atoms with Crippen molar-refractivity contribution in [1.29, 1.82) is 0 Å². The Morgan fingerprint density at radius 1 is 1.15 bits per heavy atom. The third kappa shape index (κ3) is 2.72. The molecule has 0 radical (unpaired) electrons. The van der Waals surface area contributed by atoms with Crippen molar-refractivity contribution < 1.29 is 22.4 Å². The van der Waals surface area contributed by atoms with E-state index in [-0.39, 0.29) is 24.2 Å².